The summed E-state index contributed by atoms with van der Waals surface area (Å²) in [5, 5.41) is 3.24. The molecule has 0 bridgehead atoms. The Morgan fingerprint density at radius 3 is 2.25 bits per heavy atom. The molecule has 0 saturated carbocycles. The zero-order valence-corrected chi connectivity index (χ0v) is 8.74. The number of nitrogens with one attached hydrogen (secondary N) is 1. The fourth-order valence-corrected chi connectivity index (χ4v) is 3.06. The predicted molar refractivity (Wildman–Crippen MR) is 49.9 cm³/mol. The van der Waals surface area contributed by atoms with Gasteiger partial charge in [-0.2, -0.15) is 0 Å². The molecule has 0 aromatic carbocycles. The molecule has 1 N–H and O–H groups in total. The molecule has 0 spiro atoms. The van der Waals surface area contributed by atoms with Crippen LogP contribution in [0.4, 0.5) is 0 Å². The molecule has 1 unspecified atom stereocenters. The van der Waals surface area contributed by atoms with Gasteiger partial charge in [-0.05, 0) is 5.41 Å². The summed E-state index contributed by atoms with van der Waals surface area (Å²) < 4.78 is 22.5. The summed E-state index contributed by atoms with van der Waals surface area (Å²) in [7, 11) is -2.78. The first-order valence-electron chi connectivity index (χ1n) is 4.25. The zero-order chi connectivity index (χ0) is 9.41. The maximum atomic E-state index is 11.3. The maximum absolute atomic E-state index is 11.3. The van der Waals surface area contributed by atoms with Crippen LogP contribution in [-0.4, -0.2) is 32.5 Å². The van der Waals surface area contributed by atoms with E-state index in [1.54, 1.807) is 0 Å². The SMILES string of the molecule is CC(C)(C)C1CS(=O)(=O)CCN1. The van der Waals surface area contributed by atoms with Crippen LogP contribution < -0.4 is 5.32 Å². The lowest BCUT2D eigenvalue weighted by Gasteiger charge is -2.34. The van der Waals surface area contributed by atoms with Gasteiger partial charge in [0.1, 0.15) is 0 Å². The van der Waals surface area contributed by atoms with Crippen molar-refractivity contribution in [1.82, 2.24) is 5.32 Å². The van der Waals surface area contributed by atoms with E-state index < -0.39 is 9.84 Å². The highest BCUT2D eigenvalue weighted by atomic mass is 32.2. The standard InChI is InChI=1S/C8H17NO2S/c1-8(2,3)7-6-12(10,11)5-4-9-7/h7,9H,4-6H2,1-3H3. The van der Waals surface area contributed by atoms with Crippen molar-refractivity contribution in [2.45, 2.75) is 26.8 Å². The van der Waals surface area contributed by atoms with Gasteiger partial charge in [0.2, 0.25) is 0 Å². The average molecular weight is 191 g/mol. The van der Waals surface area contributed by atoms with Crippen LogP contribution in [0.2, 0.25) is 0 Å². The molecule has 0 aromatic rings. The minimum absolute atomic E-state index is 0.0352. The van der Waals surface area contributed by atoms with Gasteiger partial charge in [0.05, 0.1) is 11.5 Å². The lowest BCUT2D eigenvalue weighted by Crippen LogP contribution is -2.51. The van der Waals surface area contributed by atoms with Gasteiger partial charge >= 0.3 is 0 Å². The molecule has 0 aliphatic carbocycles. The predicted octanol–water partition coefficient (Wildman–Crippen LogP) is 0.419. The first-order valence-corrected chi connectivity index (χ1v) is 6.07. The van der Waals surface area contributed by atoms with E-state index in [1.165, 1.54) is 0 Å². The Kier molecular flexibility index (Phi) is 2.50. The average Bonchev–Trinajstić information content (AvgIpc) is 1.83. The molecule has 1 rings (SSSR count). The van der Waals surface area contributed by atoms with Crippen LogP contribution in [0.1, 0.15) is 20.8 Å². The largest absolute Gasteiger partial charge is 0.311 e. The van der Waals surface area contributed by atoms with E-state index in [4.69, 9.17) is 0 Å². The van der Waals surface area contributed by atoms with Crippen molar-refractivity contribution >= 4 is 9.84 Å². The van der Waals surface area contributed by atoms with Gasteiger partial charge in [0, 0.05) is 12.6 Å². The van der Waals surface area contributed by atoms with Crippen LogP contribution >= 0.6 is 0 Å². The van der Waals surface area contributed by atoms with Gasteiger partial charge in [-0.3, -0.25) is 0 Å². The second-order valence-electron chi connectivity index (χ2n) is 4.49. The van der Waals surface area contributed by atoms with Crippen molar-refractivity contribution in [3.63, 3.8) is 0 Å². The summed E-state index contributed by atoms with van der Waals surface area (Å²) in [5.41, 5.74) is 0.0352. The molecule has 1 atom stereocenters. The quantitative estimate of drug-likeness (QED) is 0.603. The lowest BCUT2D eigenvalue weighted by molar-refractivity contribution is 0.286. The minimum atomic E-state index is -2.78. The third kappa shape index (κ3) is 2.45. The summed E-state index contributed by atoms with van der Waals surface area (Å²) in [6, 6.07) is 0.108. The fourth-order valence-electron chi connectivity index (χ4n) is 1.34. The van der Waals surface area contributed by atoms with Crippen molar-refractivity contribution in [1.29, 1.82) is 0 Å². The maximum Gasteiger partial charge on any atom is 0.153 e. The van der Waals surface area contributed by atoms with Gasteiger partial charge in [-0.1, -0.05) is 20.8 Å². The number of sulfone groups is 1. The Labute approximate surface area is 74.5 Å². The molecule has 3 nitrogen and oxygen atoms in total. The highest BCUT2D eigenvalue weighted by Gasteiger charge is 2.32. The van der Waals surface area contributed by atoms with Crippen molar-refractivity contribution in [2.24, 2.45) is 5.41 Å². The van der Waals surface area contributed by atoms with Crippen LogP contribution in [0.5, 0.6) is 0 Å². The molecule has 4 heteroatoms. The molecular formula is C8H17NO2S. The second-order valence-corrected chi connectivity index (χ2v) is 6.72. The van der Waals surface area contributed by atoms with E-state index in [9.17, 15) is 8.42 Å². The molecule has 1 heterocycles. The van der Waals surface area contributed by atoms with Gasteiger partial charge in [0.25, 0.3) is 0 Å². The molecule has 0 radical (unpaired) electrons. The Morgan fingerprint density at radius 1 is 1.33 bits per heavy atom. The first kappa shape index (κ1) is 9.99. The molecule has 1 fully saturated rings. The van der Waals surface area contributed by atoms with Crippen molar-refractivity contribution in [3.05, 3.63) is 0 Å². The smallest absolute Gasteiger partial charge is 0.153 e. The van der Waals surface area contributed by atoms with E-state index in [2.05, 4.69) is 26.1 Å². The molecule has 1 saturated heterocycles. The Morgan fingerprint density at radius 2 is 1.92 bits per heavy atom. The van der Waals surface area contributed by atoms with E-state index in [0.29, 0.717) is 12.3 Å². The van der Waals surface area contributed by atoms with Gasteiger partial charge in [-0.15, -0.1) is 0 Å². The summed E-state index contributed by atoms with van der Waals surface area (Å²) in [4.78, 5) is 0. The molecule has 1 aliphatic rings. The molecule has 12 heavy (non-hydrogen) atoms. The van der Waals surface area contributed by atoms with E-state index in [0.717, 1.165) is 0 Å². The second kappa shape index (κ2) is 3.00. The molecule has 0 amide bonds. The van der Waals surface area contributed by atoms with Crippen LogP contribution in [0.25, 0.3) is 0 Å². The summed E-state index contributed by atoms with van der Waals surface area (Å²) >= 11 is 0. The fraction of sp³-hybridized carbons (Fsp3) is 1.00. The summed E-state index contributed by atoms with van der Waals surface area (Å²) in [5.74, 6) is 0.579. The molecule has 1 aliphatic heterocycles. The highest BCUT2D eigenvalue weighted by molar-refractivity contribution is 7.91. The van der Waals surface area contributed by atoms with Crippen LogP contribution in [0.3, 0.4) is 0 Å². The summed E-state index contributed by atoms with van der Waals surface area (Å²) in [6.07, 6.45) is 0. The number of hydrogen-bond acceptors (Lipinski definition) is 3. The molecule has 0 aromatic heterocycles. The molecule has 72 valence electrons. The van der Waals surface area contributed by atoms with Crippen molar-refractivity contribution in [2.75, 3.05) is 18.1 Å². The highest BCUT2D eigenvalue weighted by Crippen LogP contribution is 2.22. The normalized spacial score (nSPS) is 30.1. The summed E-state index contributed by atoms with van der Waals surface area (Å²) in [6.45, 7) is 6.78. The topological polar surface area (TPSA) is 46.2 Å². The van der Waals surface area contributed by atoms with Crippen LogP contribution in [0, 0.1) is 5.41 Å². The van der Waals surface area contributed by atoms with E-state index >= 15 is 0 Å². The lowest BCUT2D eigenvalue weighted by atomic mass is 9.88. The van der Waals surface area contributed by atoms with Crippen molar-refractivity contribution in [3.8, 4) is 0 Å². The first-order chi connectivity index (χ1) is 5.31. The third-order valence-electron chi connectivity index (χ3n) is 2.27. The minimum Gasteiger partial charge on any atom is -0.311 e. The Bertz CT molecular complexity index is 251. The van der Waals surface area contributed by atoms with Crippen molar-refractivity contribution < 1.29 is 8.42 Å². The Hall–Kier alpha value is -0.0900. The number of rotatable bonds is 0. The van der Waals surface area contributed by atoms with Gasteiger partial charge in [-0.25, -0.2) is 8.42 Å². The van der Waals surface area contributed by atoms with Crippen LogP contribution in [-0.2, 0) is 9.84 Å². The van der Waals surface area contributed by atoms with Crippen LogP contribution in [0.15, 0.2) is 0 Å². The monoisotopic (exact) mass is 191 g/mol. The van der Waals surface area contributed by atoms with Gasteiger partial charge in [0.15, 0.2) is 9.84 Å². The van der Waals surface area contributed by atoms with Gasteiger partial charge < -0.3 is 5.32 Å². The zero-order valence-electron chi connectivity index (χ0n) is 7.92. The van der Waals surface area contributed by atoms with E-state index in [-0.39, 0.29) is 17.2 Å². The molecular weight excluding hydrogens is 174 g/mol. The van der Waals surface area contributed by atoms with E-state index in [1.807, 2.05) is 0 Å². The number of hydrogen-bond donors (Lipinski definition) is 1. The Balaban J connectivity index is 2.71. The third-order valence-corrected chi connectivity index (χ3v) is 3.94.